The van der Waals surface area contributed by atoms with E-state index in [1.165, 1.54) is 13.5 Å². The van der Waals surface area contributed by atoms with Gasteiger partial charge in [-0.2, -0.15) is 0 Å². The molecular weight excluding hydrogens is 242 g/mol. The van der Waals surface area contributed by atoms with E-state index in [2.05, 4.69) is 13.8 Å². The first-order valence-corrected chi connectivity index (χ1v) is 7.46. The first-order valence-electron chi connectivity index (χ1n) is 7.46. The van der Waals surface area contributed by atoms with E-state index >= 15 is 0 Å². The monoisotopic (exact) mass is 269 g/mol. The number of hydrogen-bond donors (Lipinski definition) is 1. The number of carbonyl (C=O) groups excluding carboxylic acids is 1. The highest BCUT2D eigenvalue weighted by Gasteiger charge is 2.49. The van der Waals surface area contributed by atoms with Crippen LogP contribution >= 0.6 is 0 Å². The largest absolute Gasteiger partial charge is 0.468 e. The Morgan fingerprint density at radius 1 is 1.21 bits per heavy atom. The molecule has 2 fully saturated rings. The predicted molar refractivity (Wildman–Crippen MR) is 73.6 cm³/mol. The third kappa shape index (κ3) is 3.29. The molecule has 0 heterocycles. The third-order valence-electron chi connectivity index (χ3n) is 4.98. The molecule has 0 aromatic rings. The second-order valence-corrected chi connectivity index (χ2v) is 6.51. The summed E-state index contributed by atoms with van der Waals surface area (Å²) in [5, 5.41) is 0. The Balaban J connectivity index is 1.87. The van der Waals surface area contributed by atoms with Gasteiger partial charge in [-0.15, -0.1) is 0 Å². The van der Waals surface area contributed by atoms with Crippen molar-refractivity contribution in [2.24, 2.45) is 23.5 Å². The van der Waals surface area contributed by atoms with Crippen molar-refractivity contribution >= 4 is 5.97 Å². The fourth-order valence-corrected chi connectivity index (χ4v) is 3.04. The van der Waals surface area contributed by atoms with Crippen LogP contribution in [0.15, 0.2) is 0 Å². The van der Waals surface area contributed by atoms with Crippen LogP contribution in [0, 0.1) is 17.8 Å². The molecule has 2 saturated carbocycles. The molecule has 2 N–H and O–H groups in total. The van der Waals surface area contributed by atoms with E-state index in [-0.39, 0.29) is 18.0 Å². The molecule has 2 rings (SSSR count). The highest BCUT2D eigenvalue weighted by atomic mass is 16.5. The quantitative estimate of drug-likeness (QED) is 0.776. The summed E-state index contributed by atoms with van der Waals surface area (Å²) in [6.07, 6.45) is 5.61. The van der Waals surface area contributed by atoms with Crippen molar-refractivity contribution < 1.29 is 14.3 Å². The molecule has 0 amide bonds. The molecule has 0 spiro atoms. The number of methoxy groups -OCH3 is 1. The fourth-order valence-electron chi connectivity index (χ4n) is 3.04. The Kier molecular flexibility index (Phi) is 4.51. The molecule has 2 aliphatic carbocycles. The minimum atomic E-state index is -0.930. The maximum absolute atomic E-state index is 11.9. The Morgan fingerprint density at radius 2 is 1.89 bits per heavy atom. The average molecular weight is 269 g/mol. The topological polar surface area (TPSA) is 61.5 Å². The molecule has 0 radical (unpaired) electrons. The number of rotatable bonds is 5. The van der Waals surface area contributed by atoms with Crippen LogP contribution in [-0.2, 0) is 14.3 Å². The third-order valence-corrected chi connectivity index (χ3v) is 4.98. The van der Waals surface area contributed by atoms with Crippen LogP contribution in [0.1, 0.15) is 46.0 Å². The van der Waals surface area contributed by atoms with Gasteiger partial charge in [0.2, 0.25) is 0 Å². The zero-order valence-corrected chi connectivity index (χ0v) is 12.4. The molecular formula is C15H27NO3. The summed E-state index contributed by atoms with van der Waals surface area (Å²) in [5.41, 5.74) is 5.31. The van der Waals surface area contributed by atoms with Crippen LogP contribution in [0.5, 0.6) is 0 Å². The van der Waals surface area contributed by atoms with Gasteiger partial charge in [0, 0.05) is 0 Å². The zero-order chi connectivity index (χ0) is 14.0. The molecule has 0 aromatic heterocycles. The molecule has 4 unspecified atom stereocenters. The van der Waals surface area contributed by atoms with Gasteiger partial charge in [0.1, 0.15) is 5.54 Å². The molecule has 0 aromatic carbocycles. The Hall–Kier alpha value is -0.610. The van der Waals surface area contributed by atoms with Crippen molar-refractivity contribution in [1.82, 2.24) is 0 Å². The lowest BCUT2D eigenvalue weighted by molar-refractivity contribution is -0.152. The van der Waals surface area contributed by atoms with Gasteiger partial charge in [-0.05, 0) is 49.9 Å². The zero-order valence-electron chi connectivity index (χ0n) is 12.4. The van der Waals surface area contributed by atoms with Gasteiger partial charge in [0.25, 0.3) is 0 Å². The van der Waals surface area contributed by atoms with Gasteiger partial charge in [0.15, 0.2) is 0 Å². The Labute approximate surface area is 116 Å². The van der Waals surface area contributed by atoms with E-state index in [0.717, 1.165) is 31.6 Å². The lowest BCUT2D eigenvalue weighted by atomic mass is 9.80. The maximum Gasteiger partial charge on any atom is 0.328 e. The van der Waals surface area contributed by atoms with Crippen LogP contribution in [0.4, 0.5) is 0 Å². The average Bonchev–Trinajstić information content (AvgIpc) is 3.23. The minimum Gasteiger partial charge on any atom is -0.468 e. The second kappa shape index (κ2) is 5.80. The number of nitrogens with two attached hydrogens (primary N) is 1. The van der Waals surface area contributed by atoms with E-state index in [4.69, 9.17) is 15.2 Å². The van der Waals surface area contributed by atoms with Crippen LogP contribution in [0.2, 0.25) is 0 Å². The van der Waals surface area contributed by atoms with E-state index in [1.54, 1.807) is 0 Å². The van der Waals surface area contributed by atoms with Crippen molar-refractivity contribution in [3.63, 3.8) is 0 Å². The first-order chi connectivity index (χ1) is 8.97. The van der Waals surface area contributed by atoms with Crippen molar-refractivity contribution in [3.8, 4) is 0 Å². The summed E-state index contributed by atoms with van der Waals surface area (Å²) >= 11 is 0. The molecule has 0 saturated heterocycles. The summed E-state index contributed by atoms with van der Waals surface area (Å²) in [5.74, 6) is 1.36. The number of esters is 1. The molecule has 4 nitrogen and oxygen atoms in total. The molecule has 19 heavy (non-hydrogen) atoms. The van der Waals surface area contributed by atoms with Gasteiger partial charge in [-0.25, -0.2) is 4.79 Å². The van der Waals surface area contributed by atoms with Crippen molar-refractivity contribution in [2.75, 3.05) is 13.7 Å². The number of carbonyl (C=O) groups is 1. The number of ether oxygens (including phenoxy) is 2. The molecule has 110 valence electrons. The molecule has 4 atom stereocenters. The minimum absolute atomic E-state index is 0.236. The van der Waals surface area contributed by atoms with Crippen LogP contribution in [0.25, 0.3) is 0 Å². The molecule has 2 aliphatic rings. The first kappa shape index (κ1) is 14.8. The molecule has 0 aliphatic heterocycles. The van der Waals surface area contributed by atoms with E-state index in [1.807, 2.05) is 0 Å². The second-order valence-electron chi connectivity index (χ2n) is 6.51. The Bertz CT molecular complexity index is 329. The summed E-state index contributed by atoms with van der Waals surface area (Å²) in [6.45, 7) is 4.87. The summed E-state index contributed by atoms with van der Waals surface area (Å²) in [4.78, 5) is 11.9. The van der Waals surface area contributed by atoms with E-state index < -0.39 is 5.54 Å². The highest BCUT2D eigenvalue weighted by molar-refractivity contribution is 5.81. The fraction of sp³-hybridized carbons (Fsp3) is 0.933. The van der Waals surface area contributed by atoms with Gasteiger partial charge < -0.3 is 15.2 Å². The van der Waals surface area contributed by atoms with Gasteiger partial charge in [0.05, 0.1) is 19.8 Å². The normalized spacial score (nSPS) is 34.6. The van der Waals surface area contributed by atoms with Crippen molar-refractivity contribution in [2.45, 2.75) is 57.6 Å². The summed E-state index contributed by atoms with van der Waals surface area (Å²) in [7, 11) is 1.40. The standard InChI is InChI=1S/C15H27NO3/c1-10-4-7-13(8-11(10)2)19-9-15(16,12-5-6-12)14(17)18-3/h10-13H,4-9,16H2,1-3H3. The van der Waals surface area contributed by atoms with E-state index in [0.29, 0.717) is 12.5 Å². The predicted octanol–water partition coefficient (Wildman–Crippen LogP) is 2.11. The van der Waals surface area contributed by atoms with Gasteiger partial charge in [-0.3, -0.25) is 0 Å². The maximum atomic E-state index is 11.9. The van der Waals surface area contributed by atoms with Crippen LogP contribution in [0.3, 0.4) is 0 Å². The highest BCUT2D eigenvalue weighted by Crippen LogP contribution is 2.40. The number of hydrogen-bond acceptors (Lipinski definition) is 4. The summed E-state index contributed by atoms with van der Waals surface area (Å²) in [6, 6.07) is 0. The Morgan fingerprint density at radius 3 is 2.42 bits per heavy atom. The molecule has 4 heteroatoms. The summed E-state index contributed by atoms with van der Waals surface area (Å²) < 4.78 is 10.8. The van der Waals surface area contributed by atoms with E-state index in [9.17, 15) is 4.79 Å². The smallest absolute Gasteiger partial charge is 0.328 e. The van der Waals surface area contributed by atoms with Gasteiger partial charge >= 0.3 is 5.97 Å². The van der Waals surface area contributed by atoms with Gasteiger partial charge in [-0.1, -0.05) is 13.8 Å². The van der Waals surface area contributed by atoms with Crippen molar-refractivity contribution in [3.05, 3.63) is 0 Å². The lowest BCUT2D eigenvalue weighted by Crippen LogP contribution is -2.55. The van der Waals surface area contributed by atoms with Crippen LogP contribution in [-0.4, -0.2) is 31.3 Å². The molecule has 0 bridgehead atoms. The van der Waals surface area contributed by atoms with Crippen molar-refractivity contribution in [1.29, 1.82) is 0 Å². The van der Waals surface area contributed by atoms with Crippen LogP contribution < -0.4 is 5.73 Å². The lowest BCUT2D eigenvalue weighted by Gasteiger charge is -2.34. The SMILES string of the molecule is COC(=O)C(N)(COC1CCC(C)C(C)C1)C1CC1.